The molecule has 2 heterocycles. The lowest BCUT2D eigenvalue weighted by atomic mass is 10.1. The molecule has 2 rings (SSSR count). The average Bonchev–Trinajstić information content (AvgIpc) is 2.38. The summed E-state index contributed by atoms with van der Waals surface area (Å²) in [6.07, 6.45) is 1.37. The van der Waals surface area contributed by atoms with Crippen LogP contribution in [0.3, 0.4) is 0 Å². The molecule has 1 aromatic heterocycles. The van der Waals surface area contributed by atoms with Gasteiger partial charge in [0.2, 0.25) is 0 Å². The lowest BCUT2D eigenvalue weighted by molar-refractivity contribution is 0.154. The Balaban J connectivity index is 2.38. The molecule has 6 nitrogen and oxygen atoms in total. The highest BCUT2D eigenvalue weighted by Gasteiger charge is 2.22. The number of oxime groups is 1. The van der Waals surface area contributed by atoms with E-state index >= 15 is 0 Å². The van der Waals surface area contributed by atoms with E-state index in [1.165, 1.54) is 0 Å². The van der Waals surface area contributed by atoms with E-state index in [2.05, 4.69) is 10.1 Å². The molecule has 0 saturated carbocycles. The Morgan fingerprint density at radius 1 is 1.56 bits per heavy atom. The number of piperidine rings is 1. The maximum atomic E-state index is 9.72. The molecule has 4 N–H and O–H groups in total. The molecule has 0 aromatic carbocycles. The lowest BCUT2D eigenvalue weighted by Crippen LogP contribution is -2.40. The van der Waals surface area contributed by atoms with Crippen molar-refractivity contribution in [3.63, 3.8) is 0 Å². The maximum Gasteiger partial charge on any atom is 0.173 e. The normalized spacial score (nSPS) is 21.1. The number of aryl methyl sites for hydroxylation is 1. The summed E-state index contributed by atoms with van der Waals surface area (Å²) >= 11 is 0. The van der Waals surface area contributed by atoms with Gasteiger partial charge < -0.3 is 20.9 Å². The molecule has 0 spiro atoms. The predicted octanol–water partition coefficient (Wildman–Crippen LogP) is 0.446. The molecule has 0 aliphatic carbocycles. The Hall–Kier alpha value is -1.82. The molecule has 98 valence electrons. The van der Waals surface area contributed by atoms with Gasteiger partial charge in [-0.2, -0.15) is 0 Å². The number of hydrogen-bond acceptors (Lipinski definition) is 5. The third-order valence-corrected chi connectivity index (χ3v) is 3.09. The fraction of sp³-hybridized carbons (Fsp3) is 0.500. The molecule has 0 radical (unpaired) electrons. The topological polar surface area (TPSA) is 95.0 Å². The molecule has 18 heavy (non-hydrogen) atoms. The quantitative estimate of drug-likeness (QED) is 0.306. The minimum atomic E-state index is -0.346. The highest BCUT2D eigenvalue weighted by atomic mass is 16.4. The molecule has 6 heteroatoms. The molecule has 1 unspecified atom stereocenters. The number of aromatic nitrogens is 1. The molecule has 1 atom stereocenters. The summed E-state index contributed by atoms with van der Waals surface area (Å²) in [5, 5.41) is 21.5. The Kier molecular flexibility index (Phi) is 3.66. The summed E-state index contributed by atoms with van der Waals surface area (Å²) in [6, 6.07) is 3.60. The average molecular weight is 250 g/mol. The Labute approximate surface area is 106 Å². The first-order valence-corrected chi connectivity index (χ1v) is 6.00. The van der Waals surface area contributed by atoms with Gasteiger partial charge in [-0.3, -0.25) is 0 Å². The van der Waals surface area contributed by atoms with Gasteiger partial charge in [-0.1, -0.05) is 5.16 Å². The molecule has 0 bridgehead atoms. The van der Waals surface area contributed by atoms with E-state index in [-0.39, 0.29) is 11.9 Å². The van der Waals surface area contributed by atoms with E-state index in [9.17, 15) is 5.11 Å². The molecular formula is C12H18N4O2. The van der Waals surface area contributed by atoms with Crippen LogP contribution in [0, 0.1) is 6.92 Å². The SMILES string of the molecule is Cc1ccc(C(N)=NO)c(N2CCCC(O)C2)n1. The van der Waals surface area contributed by atoms with Crippen LogP contribution in [-0.2, 0) is 0 Å². The van der Waals surface area contributed by atoms with Gasteiger partial charge in [-0.15, -0.1) is 0 Å². The number of hydrogen-bond donors (Lipinski definition) is 3. The van der Waals surface area contributed by atoms with Crippen LogP contribution in [-0.4, -0.2) is 40.3 Å². The Morgan fingerprint density at radius 2 is 2.33 bits per heavy atom. The van der Waals surface area contributed by atoms with E-state index in [4.69, 9.17) is 10.9 Å². The Morgan fingerprint density at radius 3 is 3.00 bits per heavy atom. The number of pyridine rings is 1. The van der Waals surface area contributed by atoms with Crippen molar-refractivity contribution >= 4 is 11.7 Å². The number of rotatable bonds is 2. The van der Waals surface area contributed by atoms with Gasteiger partial charge in [0.25, 0.3) is 0 Å². The van der Waals surface area contributed by atoms with Crippen LogP contribution in [0.5, 0.6) is 0 Å². The van der Waals surface area contributed by atoms with Gasteiger partial charge in [0.15, 0.2) is 5.84 Å². The number of anilines is 1. The minimum absolute atomic E-state index is 0.0394. The number of nitrogens with zero attached hydrogens (tertiary/aromatic N) is 3. The number of nitrogens with two attached hydrogens (primary N) is 1. The fourth-order valence-corrected chi connectivity index (χ4v) is 2.18. The molecule has 1 aromatic rings. The second-order valence-corrected chi connectivity index (χ2v) is 4.55. The highest BCUT2D eigenvalue weighted by molar-refractivity contribution is 6.01. The largest absolute Gasteiger partial charge is 0.409 e. The zero-order chi connectivity index (χ0) is 13.1. The van der Waals surface area contributed by atoms with E-state index in [0.29, 0.717) is 17.9 Å². The lowest BCUT2D eigenvalue weighted by Gasteiger charge is -2.32. The van der Waals surface area contributed by atoms with Crippen molar-refractivity contribution in [2.24, 2.45) is 10.9 Å². The standard InChI is InChI=1S/C12H18N4O2/c1-8-4-5-10(11(13)15-18)12(14-8)16-6-2-3-9(17)7-16/h4-5,9,17-18H,2-3,6-7H2,1H3,(H2,13,15). The second-order valence-electron chi connectivity index (χ2n) is 4.55. The smallest absolute Gasteiger partial charge is 0.173 e. The van der Waals surface area contributed by atoms with E-state index < -0.39 is 0 Å². The van der Waals surface area contributed by atoms with Gasteiger partial charge in [-0.25, -0.2) is 4.98 Å². The van der Waals surface area contributed by atoms with Gasteiger partial charge in [-0.05, 0) is 31.9 Å². The molecule has 1 saturated heterocycles. The summed E-state index contributed by atoms with van der Waals surface area (Å²) in [6.45, 7) is 3.24. The van der Waals surface area contributed by atoms with Crippen LogP contribution >= 0.6 is 0 Å². The van der Waals surface area contributed by atoms with Gasteiger partial charge in [0, 0.05) is 18.8 Å². The summed E-state index contributed by atoms with van der Waals surface area (Å²) < 4.78 is 0. The third kappa shape index (κ3) is 2.53. The number of aliphatic hydroxyl groups is 1. The predicted molar refractivity (Wildman–Crippen MR) is 68.9 cm³/mol. The van der Waals surface area contributed by atoms with Crippen molar-refractivity contribution < 1.29 is 10.3 Å². The third-order valence-electron chi connectivity index (χ3n) is 3.09. The molecule has 1 fully saturated rings. The molecular weight excluding hydrogens is 232 g/mol. The fourth-order valence-electron chi connectivity index (χ4n) is 2.18. The van der Waals surface area contributed by atoms with Crippen molar-refractivity contribution in [3.8, 4) is 0 Å². The van der Waals surface area contributed by atoms with Crippen molar-refractivity contribution in [1.29, 1.82) is 0 Å². The van der Waals surface area contributed by atoms with Crippen LogP contribution in [0.1, 0.15) is 24.1 Å². The molecule has 1 aliphatic rings. The summed E-state index contributed by atoms with van der Waals surface area (Å²) in [7, 11) is 0. The monoisotopic (exact) mass is 250 g/mol. The van der Waals surface area contributed by atoms with Crippen LogP contribution in [0.4, 0.5) is 5.82 Å². The number of amidine groups is 1. The van der Waals surface area contributed by atoms with Crippen molar-refractivity contribution in [2.45, 2.75) is 25.9 Å². The summed E-state index contributed by atoms with van der Waals surface area (Å²) in [4.78, 5) is 6.42. The van der Waals surface area contributed by atoms with Gasteiger partial charge in [0.1, 0.15) is 5.82 Å². The minimum Gasteiger partial charge on any atom is -0.409 e. The van der Waals surface area contributed by atoms with Crippen LogP contribution in [0.15, 0.2) is 17.3 Å². The molecule has 1 aliphatic heterocycles. The first-order valence-electron chi connectivity index (χ1n) is 6.00. The highest BCUT2D eigenvalue weighted by Crippen LogP contribution is 2.22. The van der Waals surface area contributed by atoms with Crippen molar-refractivity contribution in [1.82, 2.24) is 4.98 Å². The van der Waals surface area contributed by atoms with Crippen molar-refractivity contribution in [2.75, 3.05) is 18.0 Å². The first kappa shape index (κ1) is 12.6. The van der Waals surface area contributed by atoms with Crippen molar-refractivity contribution in [3.05, 3.63) is 23.4 Å². The van der Waals surface area contributed by atoms with Gasteiger partial charge >= 0.3 is 0 Å². The first-order chi connectivity index (χ1) is 8.61. The van der Waals surface area contributed by atoms with Crippen LogP contribution in [0.2, 0.25) is 0 Å². The zero-order valence-corrected chi connectivity index (χ0v) is 10.4. The zero-order valence-electron chi connectivity index (χ0n) is 10.4. The number of β-amino-alcohol motifs (C(OH)–C–C–N with tert-alkyl or cyclic N) is 1. The number of aliphatic hydroxyl groups excluding tert-OH is 1. The van der Waals surface area contributed by atoms with Gasteiger partial charge in [0.05, 0.1) is 11.7 Å². The van der Waals surface area contributed by atoms with E-state index in [1.54, 1.807) is 6.07 Å². The van der Waals surface area contributed by atoms with E-state index in [1.807, 2.05) is 17.9 Å². The summed E-state index contributed by atoms with van der Waals surface area (Å²) in [5.41, 5.74) is 7.11. The Bertz CT molecular complexity index is 461. The van der Waals surface area contributed by atoms with Crippen LogP contribution in [0.25, 0.3) is 0 Å². The van der Waals surface area contributed by atoms with Crippen LogP contribution < -0.4 is 10.6 Å². The summed E-state index contributed by atoms with van der Waals surface area (Å²) in [5.74, 6) is 0.710. The maximum absolute atomic E-state index is 9.72. The molecule has 0 amide bonds. The second kappa shape index (κ2) is 5.22. The van der Waals surface area contributed by atoms with E-state index in [0.717, 1.165) is 25.1 Å².